The monoisotopic (exact) mass is 501 g/mol. The molecule has 154 valence electrons. The number of hydrogen-bond donors (Lipinski definition) is 2. The predicted molar refractivity (Wildman–Crippen MR) is 119 cm³/mol. The van der Waals surface area contributed by atoms with Gasteiger partial charge in [-0.3, -0.25) is 9.67 Å². The third-order valence-corrected chi connectivity index (χ3v) is 4.17. The summed E-state index contributed by atoms with van der Waals surface area (Å²) < 4.78 is 18.4. The molecule has 1 aliphatic heterocycles. The first-order valence-corrected chi connectivity index (χ1v) is 9.14. The summed E-state index contributed by atoms with van der Waals surface area (Å²) in [4.78, 5) is 4.23. The molecule has 2 N–H and O–H groups in total. The fourth-order valence-electron chi connectivity index (χ4n) is 2.86. The van der Waals surface area contributed by atoms with E-state index in [0.717, 1.165) is 48.4 Å². The lowest BCUT2D eigenvalue weighted by Gasteiger charge is -2.13. The average molecular weight is 501 g/mol. The second-order valence-electron chi connectivity index (χ2n) is 6.29. The molecule has 0 aliphatic carbocycles. The summed E-state index contributed by atoms with van der Waals surface area (Å²) in [6.45, 7) is 7.23. The molecule has 1 aromatic heterocycles. The summed E-state index contributed by atoms with van der Waals surface area (Å²) >= 11 is 0. The molecular weight excluding hydrogens is 473 g/mol. The number of aryl methyl sites for hydroxylation is 3. The Kier molecular flexibility index (Phi) is 8.68. The fourth-order valence-corrected chi connectivity index (χ4v) is 2.86. The molecule has 2 heterocycles. The lowest BCUT2D eigenvalue weighted by Crippen LogP contribution is -2.39. The van der Waals surface area contributed by atoms with E-state index in [1.807, 2.05) is 29.8 Å². The first-order chi connectivity index (χ1) is 13.2. The molecule has 0 amide bonds. The Morgan fingerprint density at radius 2 is 1.96 bits per heavy atom. The molecule has 8 nitrogen and oxygen atoms in total. The molecule has 0 atom stereocenters. The molecule has 0 radical (unpaired) electrons. The van der Waals surface area contributed by atoms with Crippen LogP contribution in [0.1, 0.15) is 17.8 Å². The fraction of sp³-hybridized carbons (Fsp3) is 0.474. The van der Waals surface area contributed by atoms with Gasteiger partial charge in [0.2, 0.25) is 6.79 Å². The van der Waals surface area contributed by atoms with Crippen LogP contribution in [0.5, 0.6) is 17.2 Å². The van der Waals surface area contributed by atoms with Crippen molar-refractivity contribution in [3.63, 3.8) is 0 Å². The van der Waals surface area contributed by atoms with E-state index in [1.165, 1.54) is 5.69 Å². The van der Waals surface area contributed by atoms with Gasteiger partial charge in [-0.05, 0) is 38.5 Å². The van der Waals surface area contributed by atoms with Crippen molar-refractivity contribution in [2.24, 2.45) is 4.99 Å². The Balaban J connectivity index is 0.00000280. The molecule has 0 saturated heterocycles. The molecule has 3 rings (SSSR count). The van der Waals surface area contributed by atoms with Crippen molar-refractivity contribution < 1.29 is 14.2 Å². The zero-order chi connectivity index (χ0) is 19.1. The summed E-state index contributed by atoms with van der Waals surface area (Å²) in [7, 11) is 1.76. The highest BCUT2D eigenvalue weighted by Gasteiger charge is 2.13. The van der Waals surface area contributed by atoms with Crippen LogP contribution in [-0.2, 0) is 6.54 Å². The van der Waals surface area contributed by atoms with E-state index >= 15 is 0 Å². The van der Waals surface area contributed by atoms with Gasteiger partial charge in [-0.1, -0.05) is 0 Å². The Morgan fingerprint density at radius 1 is 1.18 bits per heavy atom. The van der Waals surface area contributed by atoms with Crippen molar-refractivity contribution in [3.8, 4) is 17.2 Å². The Bertz CT molecular complexity index is 794. The van der Waals surface area contributed by atoms with Gasteiger partial charge < -0.3 is 24.8 Å². The third-order valence-electron chi connectivity index (χ3n) is 4.17. The van der Waals surface area contributed by atoms with Crippen LogP contribution in [0.2, 0.25) is 0 Å². The second-order valence-corrected chi connectivity index (χ2v) is 6.29. The smallest absolute Gasteiger partial charge is 0.231 e. The lowest BCUT2D eigenvalue weighted by molar-refractivity contribution is 0.173. The number of fused-ring (bicyclic) bond motifs is 1. The van der Waals surface area contributed by atoms with Crippen LogP contribution in [-0.4, -0.2) is 49.3 Å². The molecule has 9 heteroatoms. The molecule has 0 saturated carbocycles. The number of ether oxygens (including phenoxy) is 3. The molecule has 0 fully saturated rings. The van der Waals surface area contributed by atoms with Gasteiger partial charge in [0, 0.05) is 31.9 Å². The highest BCUT2D eigenvalue weighted by Crippen LogP contribution is 2.34. The average Bonchev–Trinajstić information content (AvgIpc) is 3.25. The van der Waals surface area contributed by atoms with Gasteiger partial charge in [0.25, 0.3) is 0 Å². The third kappa shape index (κ3) is 6.18. The van der Waals surface area contributed by atoms with Crippen LogP contribution in [0.3, 0.4) is 0 Å². The van der Waals surface area contributed by atoms with Gasteiger partial charge >= 0.3 is 0 Å². The SMILES string of the molecule is CN=C(NCCCn1nc(C)cc1C)NCCOc1ccc2c(c1)OCO2.I. The first-order valence-electron chi connectivity index (χ1n) is 9.14. The van der Waals surface area contributed by atoms with Gasteiger partial charge in [-0.15, -0.1) is 24.0 Å². The molecule has 2 aromatic rings. The maximum absolute atomic E-state index is 5.73. The minimum absolute atomic E-state index is 0. The maximum Gasteiger partial charge on any atom is 0.231 e. The second kappa shape index (κ2) is 11.0. The molecule has 0 spiro atoms. The predicted octanol–water partition coefficient (Wildman–Crippen LogP) is 2.48. The van der Waals surface area contributed by atoms with Crippen LogP contribution < -0.4 is 24.8 Å². The van der Waals surface area contributed by atoms with Gasteiger partial charge in [-0.2, -0.15) is 5.10 Å². The van der Waals surface area contributed by atoms with Crippen molar-refractivity contribution >= 4 is 29.9 Å². The molecule has 28 heavy (non-hydrogen) atoms. The summed E-state index contributed by atoms with van der Waals surface area (Å²) in [6, 6.07) is 7.66. The van der Waals surface area contributed by atoms with E-state index in [1.54, 1.807) is 7.05 Å². The lowest BCUT2D eigenvalue weighted by atomic mass is 10.3. The quantitative estimate of drug-likeness (QED) is 0.251. The van der Waals surface area contributed by atoms with E-state index in [2.05, 4.69) is 33.7 Å². The minimum atomic E-state index is 0. The zero-order valence-electron chi connectivity index (χ0n) is 16.5. The number of halogens is 1. The maximum atomic E-state index is 5.73. The number of benzene rings is 1. The van der Waals surface area contributed by atoms with Crippen LogP contribution in [0.4, 0.5) is 0 Å². The van der Waals surface area contributed by atoms with Crippen molar-refractivity contribution in [1.82, 2.24) is 20.4 Å². The van der Waals surface area contributed by atoms with Gasteiger partial charge in [-0.25, -0.2) is 0 Å². The topological polar surface area (TPSA) is 81.9 Å². The summed E-state index contributed by atoms with van der Waals surface area (Å²) in [5, 5.41) is 11.0. The van der Waals surface area contributed by atoms with E-state index < -0.39 is 0 Å². The van der Waals surface area contributed by atoms with Gasteiger partial charge in [0.1, 0.15) is 12.4 Å². The number of nitrogens with one attached hydrogen (secondary N) is 2. The normalized spacial score (nSPS) is 12.5. The summed E-state index contributed by atoms with van der Waals surface area (Å²) in [6.07, 6.45) is 0.969. The van der Waals surface area contributed by atoms with E-state index in [4.69, 9.17) is 14.2 Å². The van der Waals surface area contributed by atoms with Crippen LogP contribution in [0.25, 0.3) is 0 Å². The van der Waals surface area contributed by atoms with Gasteiger partial charge in [0.05, 0.1) is 12.2 Å². The molecular formula is C19H28IN5O3. The number of rotatable bonds is 8. The van der Waals surface area contributed by atoms with E-state index in [0.29, 0.717) is 13.2 Å². The molecule has 0 unspecified atom stereocenters. The molecule has 0 bridgehead atoms. The van der Waals surface area contributed by atoms with E-state index in [-0.39, 0.29) is 30.8 Å². The number of aliphatic imine (C=N–C) groups is 1. The van der Waals surface area contributed by atoms with Crippen molar-refractivity contribution in [2.45, 2.75) is 26.8 Å². The minimum Gasteiger partial charge on any atom is -0.492 e. The van der Waals surface area contributed by atoms with Crippen molar-refractivity contribution in [2.75, 3.05) is 33.5 Å². The highest BCUT2D eigenvalue weighted by atomic mass is 127. The number of nitrogens with zero attached hydrogens (tertiary/aromatic N) is 3. The van der Waals surface area contributed by atoms with Crippen LogP contribution in [0.15, 0.2) is 29.3 Å². The van der Waals surface area contributed by atoms with Gasteiger partial charge in [0.15, 0.2) is 17.5 Å². The standard InChI is InChI=1S/C19H27N5O3.HI/c1-14-11-15(2)24(23-14)9-4-7-21-19(20-3)22-8-10-25-16-5-6-17-18(12-16)27-13-26-17;/h5-6,11-12H,4,7-10,13H2,1-3H3,(H2,20,21,22);1H. The zero-order valence-corrected chi connectivity index (χ0v) is 18.9. The summed E-state index contributed by atoms with van der Waals surface area (Å²) in [5.74, 6) is 3.00. The molecule has 1 aromatic carbocycles. The largest absolute Gasteiger partial charge is 0.492 e. The van der Waals surface area contributed by atoms with E-state index in [9.17, 15) is 0 Å². The highest BCUT2D eigenvalue weighted by molar-refractivity contribution is 14.0. The molecule has 1 aliphatic rings. The first kappa shape index (κ1) is 22.1. The Labute approximate surface area is 182 Å². The summed E-state index contributed by atoms with van der Waals surface area (Å²) in [5.41, 5.74) is 2.25. The Morgan fingerprint density at radius 3 is 2.71 bits per heavy atom. The number of hydrogen-bond acceptors (Lipinski definition) is 5. The van der Waals surface area contributed by atoms with Crippen LogP contribution >= 0.6 is 24.0 Å². The number of aromatic nitrogens is 2. The Hall–Kier alpha value is -2.17. The van der Waals surface area contributed by atoms with Crippen LogP contribution in [0, 0.1) is 13.8 Å². The van der Waals surface area contributed by atoms with Crippen molar-refractivity contribution in [1.29, 1.82) is 0 Å². The van der Waals surface area contributed by atoms with Crippen molar-refractivity contribution in [3.05, 3.63) is 35.7 Å². The number of guanidine groups is 1.